The number of carbonyl (C=O) groups excluding carboxylic acids is 2. The Morgan fingerprint density at radius 1 is 0.481 bits per heavy atom. The minimum atomic E-state index is -4.46. The van der Waals surface area contributed by atoms with Crippen molar-refractivity contribution in [1.29, 1.82) is 0 Å². The fourth-order valence-electron chi connectivity index (χ4n) is 8.69. The summed E-state index contributed by atoms with van der Waals surface area (Å²) in [7, 11) is 1.47. The molecular formula is C67H120N2O7P+. The number of esters is 1. The van der Waals surface area contributed by atoms with Crippen LogP contribution in [0, 0.1) is 0 Å². The number of allylic oxidation sites excluding steroid dienone is 15. The topological polar surface area (TPSA) is 111 Å². The summed E-state index contributed by atoms with van der Waals surface area (Å²) in [5.41, 5.74) is 0. The number of quaternary nitrogens is 1. The molecule has 0 radical (unpaired) electrons. The summed E-state index contributed by atoms with van der Waals surface area (Å²) in [5, 5.41) is 3.05. The van der Waals surface area contributed by atoms with Crippen LogP contribution in [0.15, 0.2) is 97.2 Å². The number of amides is 1. The van der Waals surface area contributed by atoms with Crippen LogP contribution >= 0.6 is 7.82 Å². The highest BCUT2D eigenvalue weighted by Gasteiger charge is 2.30. The molecule has 444 valence electrons. The van der Waals surface area contributed by atoms with Crippen LogP contribution in [0.2, 0.25) is 0 Å². The number of rotatable bonds is 56. The molecule has 0 rings (SSSR count). The predicted molar refractivity (Wildman–Crippen MR) is 332 cm³/mol. The fourth-order valence-corrected chi connectivity index (χ4v) is 9.42. The summed E-state index contributed by atoms with van der Waals surface area (Å²) < 4.78 is 30.6. The number of phosphoric acid groups is 1. The maximum atomic E-state index is 13.5. The zero-order chi connectivity index (χ0) is 56.4. The van der Waals surface area contributed by atoms with Crippen LogP contribution in [0.4, 0.5) is 0 Å². The van der Waals surface area contributed by atoms with E-state index in [1.54, 1.807) is 0 Å². The summed E-state index contributed by atoms with van der Waals surface area (Å²) in [6.45, 7) is 6.82. The first kappa shape index (κ1) is 73.9. The smallest absolute Gasteiger partial charge is 0.456 e. The molecule has 1 amide bonds. The van der Waals surface area contributed by atoms with E-state index < -0.39 is 20.0 Å². The molecule has 0 aromatic rings. The van der Waals surface area contributed by atoms with Crippen LogP contribution < -0.4 is 5.32 Å². The molecule has 0 saturated carbocycles. The van der Waals surface area contributed by atoms with Gasteiger partial charge < -0.3 is 19.4 Å². The Kier molecular flexibility index (Phi) is 54.0. The third-order valence-corrected chi connectivity index (χ3v) is 14.6. The van der Waals surface area contributed by atoms with Gasteiger partial charge in [0.2, 0.25) is 5.91 Å². The van der Waals surface area contributed by atoms with Crippen LogP contribution in [-0.4, -0.2) is 74.3 Å². The van der Waals surface area contributed by atoms with E-state index in [0.717, 1.165) is 96.3 Å². The van der Waals surface area contributed by atoms with Crippen LogP contribution in [0.1, 0.15) is 265 Å². The van der Waals surface area contributed by atoms with Crippen molar-refractivity contribution in [2.75, 3.05) is 40.9 Å². The molecule has 0 aliphatic carbocycles. The van der Waals surface area contributed by atoms with Crippen molar-refractivity contribution >= 4 is 19.7 Å². The first-order chi connectivity index (χ1) is 37.4. The number of likely N-dealkylation sites (N-methyl/N-ethyl adjacent to an activating group) is 1. The van der Waals surface area contributed by atoms with Crippen molar-refractivity contribution in [3.8, 4) is 0 Å². The van der Waals surface area contributed by atoms with E-state index in [0.29, 0.717) is 23.9 Å². The largest absolute Gasteiger partial charge is 0.472 e. The van der Waals surface area contributed by atoms with Gasteiger partial charge in [0, 0.05) is 12.8 Å². The zero-order valence-electron chi connectivity index (χ0n) is 50.7. The predicted octanol–water partition coefficient (Wildman–Crippen LogP) is 19.6. The van der Waals surface area contributed by atoms with E-state index in [-0.39, 0.29) is 31.5 Å². The van der Waals surface area contributed by atoms with E-state index >= 15 is 0 Å². The van der Waals surface area contributed by atoms with Gasteiger partial charge in [-0.05, 0) is 96.0 Å². The van der Waals surface area contributed by atoms with Crippen molar-refractivity contribution in [2.45, 2.75) is 277 Å². The standard InChI is InChI=1S/C67H119N2O7P/c1-7-10-13-16-19-22-25-27-28-29-30-31-32-33-34-35-36-37-38-39-40-42-44-47-50-53-56-59-66(70)68-64(63-75-77(72,73)74-62-61-69(4,5)6)65(58-55-52-49-46-43-24-21-18-15-12-9-3)76-67(71)60-57-54-51-48-45-41-26-23-20-17-14-11-8-2/h11,14,17,19-20,22-23,26-28,30-31,33-34,55,58,64-65H,7-10,12-13,15-16,18,21,24-25,29,32,35-54,56-57,59-63H2,1-6H3,(H-,68,70,72,73)/p+1/b14-11+,20-17+,22-19-,26-23-,28-27-,31-30-,34-33-,58-55-. The Labute approximate surface area is 475 Å². The van der Waals surface area contributed by atoms with Crippen molar-refractivity contribution in [3.63, 3.8) is 0 Å². The molecule has 2 N–H and O–H groups in total. The van der Waals surface area contributed by atoms with Crippen LogP contribution in [-0.2, 0) is 27.9 Å². The van der Waals surface area contributed by atoms with Gasteiger partial charge in [0.25, 0.3) is 0 Å². The average Bonchev–Trinajstić information content (AvgIpc) is 3.39. The van der Waals surface area contributed by atoms with Gasteiger partial charge in [-0.25, -0.2) is 4.57 Å². The molecule has 0 fully saturated rings. The molecule has 0 aliphatic rings. The lowest BCUT2D eigenvalue weighted by Crippen LogP contribution is -2.47. The van der Waals surface area contributed by atoms with Crippen molar-refractivity contribution in [3.05, 3.63) is 97.2 Å². The molecule has 77 heavy (non-hydrogen) atoms. The van der Waals surface area contributed by atoms with Gasteiger partial charge in [0.1, 0.15) is 19.3 Å². The second kappa shape index (κ2) is 56.2. The SMILES string of the molecule is CC/C=C/C=C/C=C\CCCCCCCC(=O)OC(/C=C\CCCCCCCCCCC)C(COP(=O)(O)OCC[N+](C)(C)C)NC(=O)CCCCCCCCCCCCC/C=C\C/C=C\C/C=C\C/C=C\CCCCC. The molecule has 0 heterocycles. The van der Waals surface area contributed by atoms with Gasteiger partial charge in [-0.1, -0.05) is 253 Å². The highest BCUT2D eigenvalue weighted by atomic mass is 31.2. The van der Waals surface area contributed by atoms with Crippen molar-refractivity contribution in [1.82, 2.24) is 5.32 Å². The molecule has 0 aromatic carbocycles. The average molecular weight is 1100 g/mol. The Bertz CT molecular complexity index is 1640. The minimum absolute atomic E-state index is 0.0319. The summed E-state index contributed by atoms with van der Waals surface area (Å²) in [6, 6.07) is -0.863. The monoisotopic (exact) mass is 1100 g/mol. The van der Waals surface area contributed by atoms with Gasteiger partial charge in [0.05, 0.1) is 33.8 Å². The fraction of sp³-hybridized carbons (Fsp3) is 0.731. The first-order valence-corrected chi connectivity index (χ1v) is 33.1. The maximum Gasteiger partial charge on any atom is 0.472 e. The third-order valence-electron chi connectivity index (χ3n) is 13.6. The molecule has 0 bridgehead atoms. The summed E-state index contributed by atoms with van der Waals surface area (Å²) >= 11 is 0. The molecule has 0 aromatic heterocycles. The Hall–Kier alpha value is -3.07. The number of hydrogen-bond donors (Lipinski definition) is 2. The molecular weight excluding hydrogens is 976 g/mol. The van der Waals surface area contributed by atoms with Crippen molar-refractivity contribution < 1.29 is 37.3 Å². The molecule has 0 aliphatic heterocycles. The molecule has 3 atom stereocenters. The lowest BCUT2D eigenvalue weighted by Gasteiger charge is -2.27. The Morgan fingerprint density at radius 3 is 1.38 bits per heavy atom. The Balaban J connectivity index is 5.06. The number of ether oxygens (including phenoxy) is 1. The molecule has 10 heteroatoms. The van der Waals surface area contributed by atoms with Crippen molar-refractivity contribution in [2.24, 2.45) is 0 Å². The zero-order valence-corrected chi connectivity index (χ0v) is 51.6. The normalized spacial score (nSPS) is 14.3. The van der Waals surface area contributed by atoms with E-state index in [1.165, 1.54) is 128 Å². The molecule has 0 spiro atoms. The molecule has 9 nitrogen and oxygen atoms in total. The highest BCUT2D eigenvalue weighted by molar-refractivity contribution is 7.47. The highest BCUT2D eigenvalue weighted by Crippen LogP contribution is 2.43. The lowest BCUT2D eigenvalue weighted by atomic mass is 10.0. The van der Waals surface area contributed by atoms with E-state index in [4.69, 9.17) is 13.8 Å². The van der Waals surface area contributed by atoms with E-state index in [2.05, 4.69) is 111 Å². The number of nitrogens with one attached hydrogen (secondary N) is 1. The van der Waals surface area contributed by atoms with Crippen LogP contribution in [0.3, 0.4) is 0 Å². The lowest BCUT2D eigenvalue weighted by molar-refractivity contribution is -0.870. The van der Waals surface area contributed by atoms with Gasteiger partial charge >= 0.3 is 13.8 Å². The summed E-state index contributed by atoms with van der Waals surface area (Å²) in [5.74, 6) is -0.536. The van der Waals surface area contributed by atoms with Crippen LogP contribution in [0.5, 0.6) is 0 Å². The quantitative estimate of drug-likeness (QED) is 0.0156. The maximum absolute atomic E-state index is 13.5. The summed E-state index contributed by atoms with van der Waals surface area (Å²) in [4.78, 5) is 37.6. The van der Waals surface area contributed by atoms with Gasteiger partial charge in [-0.2, -0.15) is 0 Å². The third kappa shape index (κ3) is 57.4. The number of carbonyl (C=O) groups is 2. The number of hydrogen-bond acceptors (Lipinski definition) is 6. The van der Waals surface area contributed by atoms with E-state index in [9.17, 15) is 19.0 Å². The summed E-state index contributed by atoms with van der Waals surface area (Å²) in [6.07, 6.45) is 75.6. The number of nitrogens with zero attached hydrogens (tertiary/aromatic N) is 1. The molecule has 3 unspecified atom stereocenters. The second-order valence-electron chi connectivity index (χ2n) is 22.3. The Morgan fingerprint density at radius 2 is 0.883 bits per heavy atom. The second-order valence-corrected chi connectivity index (χ2v) is 23.7. The van der Waals surface area contributed by atoms with Gasteiger partial charge in [0.15, 0.2) is 0 Å². The first-order valence-electron chi connectivity index (χ1n) is 31.6. The van der Waals surface area contributed by atoms with Gasteiger partial charge in [-0.15, -0.1) is 0 Å². The van der Waals surface area contributed by atoms with Crippen LogP contribution in [0.25, 0.3) is 0 Å². The number of phosphoric ester groups is 1. The van der Waals surface area contributed by atoms with Gasteiger partial charge in [-0.3, -0.25) is 18.6 Å². The minimum Gasteiger partial charge on any atom is -0.456 e. The van der Waals surface area contributed by atoms with E-state index in [1.807, 2.05) is 33.3 Å². The number of unbranched alkanes of at least 4 members (excludes halogenated alkanes) is 28. The molecule has 0 saturated heterocycles.